The van der Waals surface area contributed by atoms with Crippen LogP contribution in [0.5, 0.6) is 5.75 Å². The predicted octanol–water partition coefficient (Wildman–Crippen LogP) is 2.79. The number of amides is 1. The third kappa shape index (κ3) is 2.72. The Hall–Kier alpha value is -1.22. The highest BCUT2D eigenvalue weighted by Crippen LogP contribution is 2.25. The molecule has 0 saturated heterocycles. The molecule has 0 radical (unpaired) electrons. The number of hydrogen-bond donors (Lipinski definition) is 1. The number of nitrogens with zero attached hydrogens (tertiary/aromatic N) is 1. The lowest BCUT2D eigenvalue weighted by molar-refractivity contribution is 0.0657. The van der Waals surface area contributed by atoms with Crippen LogP contribution in [0.3, 0.4) is 0 Å². The molecule has 0 bridgehead atoms. The maximum Gasteiger partial charge on any atom is 0.257 e. The quantitative estimate of drug-likeness (QED) is 0.844. The summed E-state index contributed by atoms with van der Waals surface area (Å²) in [6.45, 7) is 5.52. The molecule has 1 aromatic carbocycles. The zero-order valence-electron chi connectivity index (χ0n) is 10.6. The average Bonchev–Trinajstić information content (AvgIpc) is 2.30. The molecule has 1 aromatic rings. The fourth-order valence-electron chi connectivity index (χ4n) is 1.38. The van der Waals surface area contributed by atoms with Gasteiger partial charge < -0.3 is 10.0 Å². The van der Waals surface area contributed by atoms with E-state index in [2.05, 4.69) is 0 Å². The summed E-state index contributed by atoms with van der Waals surface area (Å²) in [5, 5.41) is 9.87. The minimum atomic E-state index is -0.450. The predicted molar refractivity (Wildman–Crippen MR) is 69.7 cm³/mol. The monoisotopic (exact) mass is 255 g/mol. The number of alkyl halides is 1. The van der Waals surface area contributed by atoms with Crippen LogP contribution in [0.4, 0.5) is 0 Å². The lowest BCUT2D eigenvalue weighted by Gasteiger charge is -2.34. The Bertz CT molecular complexity index is 429. The Kier molecular flexibility index (Phi) is 4.04. The van der Waals surface area contributed by atoms with Gasteiger partial charge in [-0.2, -0.15) is 0 Å². The van der Waals surface area contributed by atoms with Gasteiger partial charge in [-0.15, -0.1) is 11.6 Å². The summed E-state index contributed by atoms with van der Waals surface area (Å²) in [5.74, 6) is 0.147. The average molecular weight is 256 g/mol. The van der Waals surface area contributed by atoms with E-state index in [0.717, 1.165) is 0 Å². The van der Waals surface area contributed by atoms with Crippen molar-refractivity contribution < 1.29 is 9.90 Å². The molecule has 1 amide bonds. The number of phenolic OH excluding ortho intramolecular Hbond substituents is 1. The first-order chi connectivity index (χ1) is 7.81. The van der Waals surface area contributed by atoms with Crippen molar-refractivity contribution in [3.8, 4) is 5.75 Å². The summed E-state index contributed by atoms with van der Waals surface area (Å²) in [7, 11) is 1.69. The summed E-state index contributed by atoms with van der Waals surface area (Å²) in [6.07, 6.45) is 0. The van der Waals surface area contributed by atoms with Gasteiger partial charge in [-0.1, -0.05) is 12.1 Å². The topological polar surface area (TPSA) is 40.5 Å². The second-order valence-corrected chi connectivity index (χ2v) is 5.05. The van der Waals surface area contributed by atoms with Crippen molar-refractivity contribution >= 4 is 17.5 Å². The van der Waals surface area contributed by atoms with Crippen LogP contribution in [0.15, 0.2) is 18.2 Å². The first kappa shape index (κ1) is 13.8. The number of aromatic hydroxyl groups is 1. The van der Waals surface area contributed by atoms with Gasteiger partial charge in [0.05, 0.1) is 11.1 Å². The Morgan fingerprint density at radius 1 is 1.47 bits per heavy atom. The molecule has 0 aliphatic heterocycles. The number of carbonyl (C=O) groups is 1. The third-order valence-corrected chi connectivity index (χ3v) is 3.66. The van der Waals surface area contributed by atoms with Crippen LogP contribution >= 0.6 is 11.6 Å². The van der Waals surface area contributed by atoms with Crippen molar-refractivity contribution in [2.24, 2.45) is 0 Å². The molecule has 1 N–H and O–H groups in total. The number of phenols is 1. The van der Waals surface area contributed by atoms with Crippen LogP contribution in [-0.4, -0.2) is 34.4 Å². The fraction of sp³-hybridized carbons (Fsp3) is 0.462. The van der Waals surface area contributed by atoms with E-state index in [0.29, 0.717) is 17.0 Å². The van der Waals surface area contributed by atoms with Crippen LogP contribution in [0.25, 0.3) is 0 Å². The fourth-order valence-corrected chi connectivity index (χ4v) is 1.56. The van der Waals surface area contributed by atoms with Gasteiger partial charge in [0.2, 0.25) is 0 Å². The lowest BCUT2D eigenvalue weighted by atomic mass is 10.0. The number of para-hydroxylation sites is 1. The van der Waals surface area contributed by atoms with Gasteiger partial charge in [0.15, 0.2) is 0 Å². The van der Waals surface area contributed by atoms with Crippen LogP contribution < -0.4 is 0 Å². The highest BCUT2D eigenvalue weighted by atomic mass is 35.5. The van der Waals surface area contributed by atoms with Crippen molar-refractivity contribution in [2.75, 3.05) is 12.9 Å². The zero-order chi connectivity index (χ0) is 13.2. The van der Waals surface area contributed by atoms with Gasteiger partial charge in [-0.05, 0) is 32.4 Å². The summed E-state index contributed by atoms with van der Waals surface area (Å²) in [5.41, 5.74) is 0.549. The van der Waals surface area contributed by atoms with Gasteiger partial charge >= 0.3 is 0 Å². The van der Waals surface area contributed by atoms with Crippen LogP contribution in [-0.2, 0) is 0 Å². The molecular weight excluding hydrogens is 238 g/mol. The van der Waals surface area contributed by atoms with Crippen LogP contribution in [0.2, 0.25) is 0 Å². The van der Waals surface area contributed by atoms with E-state index < -0.39 is 5.54 Å². The Labute approximate surface area is 107 Å². The molecule has 17 heavy (non-hydrogen) atoms. The molecule has 94 valence electrons. The number of carbonyl (C=O) groups excluding carboxylic acids is 1. The van der Waals surface area contributed by atoms with Crippen LogP contribution in [0, 0.1) is 6.92 Å². The summed E-state index contributed by atoms with van der Waals surface area (Å²) in [4.78, 5) is 13.8. The van der Waals surface area contributed by atoms with Gasteiger partial charge in [0.25, 0.3) is 5.91 Å². The lowest BCUT2D eigenvalue weighted by Crippen LogP contribution is -2.46. The molecule has 0 unspecified atom stereocenters. The Morgan fingerprint density at radius 2 is 2.06 bits per heavy atom. The molecule has 0 aliphatic carbocycles. The number of benzene rings is 1. The molecule has 3 nitrogen and oxygen atoms in total. The molecule has 0 fully saturated rings. The van der Waals surface area contributed by atoms with Crippen molar-refractivity contribution in [2.45, 2.75) is 26.3 Å². The normalized spacial score (nSPS) is 11.4. The number of hydrogen-bond acceptors (Lipinski definition) is 2. The highest BCUT2D eigenvalue weighted by Gasteiger charge is 2.28. The van der Waals surface area contributed by atoms with E-state index in [1.807, 2.05) is 13.8 Å². The minimum absolute atomic E-state index is 0.0368. The van der Waals surface area contributed by atoms with Gasteiger partial charge in [0, 0.05) is 12.9 Å². The van der Waals surface area contributed by atoms with E-state index in [9.17, 15) is 9.90 Å². The van der Waals surface area contributed by atoms with Crippen molar-refractivity contribution in [3.63, 3.8) is 0 Å². The summed E-state index contributed by atoms with van der Waals surface area (Å²) < 4.78 is 0. The van der Waals surface area contributed by atoms with E-state index in [1.165, 1.54) is 0 Å². The maximum atomic E-state index is 12.2. The largest absolute Gasteiger partial charge is 0.507 e. The summed E-state index contributed by atoms with van der Waals surface area (Å²) >= 11 is 5.83. The number of halogens is 1. The number of rotatable bonds is 3. The van der Waals surface area contributed by atoms with Gasteiger partial charge in [-0.3, -0.25) is 4.79 Å². The van der Waals surface area contributed by atoms with Crippen molar-refractivity contribution in [1.82, 2.24) is 4.90 Å². The molecule has 0 saturated carbocycles. The molecule has 0 atom stereocenters. The first-order valence-electron chi connectivity index (χ1n) is 5.44. The molecule has 4 heteroatoms. The Balaban J connectivity index is 3.09. The van der Waals surface area contributed by atoms with Gasteiger partial charge in [-0.25, -0.2) is 0 Å². The molecule has 0 spiro atoms. The second-order valence-electron chi connectivity index (χ2n) is 4.78. The zero-order valence-corrected chi connectivity index (χ0v) is 11.4. The SMILES string of the molecule is Cc1cccc(C(=O)N(C)C(C)(C)CCl)c1O. The van der Waals surface area contributed by atoms with Gasteiger partial charge in [0.1, 0.15) is 5.75 Å². The van der Waals surface area contributed by atoms with Crippen molar-refractivity contribution in [3.05, 3.63) is 29.3 Å². The summed E-state index contributed by atoms with van der Waals surface area (Å²) in [6, 6.07) is 5.13. The highest BCUT2D eigenvalue weighted by molar-refractivity contribution is 6.18. The van der Waals surface area contributed by atoms with E-state index in [-0.39, 0.29) is 11.7 Å². The molecule has 0 heterocycles. The molecular formula is C13H18ClNO2. The maximum absolute atomic E-state index is 12.2. The number of aryl methyl sites for hydroxylation is 1. The minimum Gasteiger partial charge on any atom is -0.507 e. The standard InChI is InChI=1S/C13H18ClNO2/c1-9-6-5-7-10(11(9)16)12(17)15(4)13(2,3)8-14/h5-7,16H,8H2,1-4H3. The van der Waals surface area contributed by atoms with E-state index in [1.54, 1.807) is 37.1 Å². The van der Waals surface area contributed by atoms with E-state index in [4.69, 9.17) is 11.6 Å². The smallest absolute Gasteiger partial charge is 0.257 e. The second kappa shape index (κ2) is 4.96. The third-order valence-electron chi connectivity index (χ3n) is 3.01. The molecule has 1 rings (SSSR count). The van der Waals surface area contributed by atoms with Crippen molar-refractivity contribution in [1.29, 1.82) is 0 Å². The molecule has 0 aliphatic rings. The first-order valence-corrected chi connectivity index (χ1v) is 5.97. The van der Waals surface area contributed by atoms with Crippen LogP contribution in [0.1, 0.15) is 29.8 Å². The Morgan fingerprint density at radius 3 is 2.59 bits per heavy atom. The van der Waals surface area contributed by atoms with E-state index >= 15 is 0 Å². The molecule has 0 aromatic heterocycles.